The van der Waals surface area contributed by atoms with Crippen molar-refractivity contribution >= 4 is 11.3 Å². The van der Waals surface area contributed by atoms with Crippen molar-refractivity contribution in [2.45, 2.75) is 0 Å². The van der Waals surface area contributed by atoms with Gasteiger partial charge in [0.1, 0.15) is 5.75 Å². The van der Waals surface area contributed by atoms with Gasteiger partial charge in [0.05, 0.1) is 4.88 Å². The zero-order valence-electron chi connectivity index (χ0n) is 9.71. The monoisotopic (exact) mass is 252 g/mol. The van der Waals surface area contributed by atoms with Crippen LogP contribution >= 0.6 is 11.3 Å². The summed E-state index contributed by atoms with van der Waals surface area (Å²) in [7, 11) is 0. The van der Waals surface area contributed by atoms with Crippen LogP contribution in [-0.2, 0) is 0 Å². The molecule has 0 aliphatic rings. The normalized spacial score (nSPS) is 10.4. The van der Waals surface area contributed by atoms with Gasteiger partial charge in [-0.1, -0.05) is 60.7 Å². The smallest absolute Gasteiger partial charge is 0.134 e. The standard InChI is InChI=1S/C16H12OS/c17-14-11-15(12-7-3-1-4-8-12)18-16(14)13-9-5-2-6-10-13/h1-11,17H. The van der Waals surface area contributed by atoms with E-state index in [1.54, 1.807) is 11.3 Å². The second-order valence-electron chi connectivity index (χ2n) is 4.06. The van der Waals surface area contributed by atoms with Gasteiger partial charge in [-0.15, -0.1) is 11.3 Å². The minimum absolute atomic E-state index is 0.352. The quantitative estimate of drug-likeness (QED) is 0.695. The summed E-state index contributed by atoms with van der Waals surface area (Å²) in [5.74, 6) is 0.352. The molecule has 0 radical (unpaired) electrons. The molecule has 3 rings (SSSR count). The molecule has 0 amide bonds. The van der Waals surface area contributed by atoms with Crippen molar-refractivity contribution in [3.8, 4) is 26.6 Å². The van der Waals surface area contributed by atoms with Crippen LogP contribution in [0.25, 0.3) is 20.9 Å². The Morgan fingerprint density at radius 2 is 1.28 bits per heavy atom. The highest BCUT2D eigenvalue weighted by Gasteiger charge is 2.10. The van der Waals surface area contributed by atoms with Crippen LogP contribution in [0.5, 0.6) is 5.75 Å². The number of hydrogen-bond acceptors (Lipinski definition) is 2. The highest BCUT2D eigenvalue weighted by Crippen LogP contribution is 2.41. The zero-order chi connectivity index (χ0) is 12.4. The van der Waals surface area contributed by atoms with E-state index in [9.17, 15) is 5.11 Å². The van der Waals surface area contributed by atoms with E-state index >= 15 is 0 Å². The van der Waals surface area contributed by atoms with Gasteiger partial charge < -0.3 is 5.11 Å². The zero-order valence-corrected chi connectivity index (χ0v) is 10.5. The Balaban J connectivity index is 2.07. The first-order valence-electron chi connectivity index (χ1n) is 5.78. The van der Waals surface area contributed by atoms with Gasteiger partial charge in [-0.3, -0.25) is 0 Å². The van der Waals surface area contributed by atoms with Crippen molar-refractivity contribution in [1.82, 2.24) is 0 Å². The summed E-state index contributed by atoms with van der Waals surface area (Å²) in [6.45, 7) is 0. The third kappa shape index (κ3) is 2.03. The van der Waals surface area contributed by atoms with Crippen molar-refractivity contribution in [2.75, 3.05) is 0 Å². The maximum Gasteiger partial charge on any atom is 0.134 e. The van der Waals surface area contributed by atoms with E-state index in [1.165, 1.54) is 0 Å². The number of hydrogen-bond donors (Lipinski definition) is 1. The Hall–Kier alpha value is -2.06. The molecule has 1 aromatic heterocycles. The van der Waals surface area contributed by atoms with E-state index in [4.69, 9.17) is 0 Å². The Bertz CT molecular complexity index is 641. The first-order chi connectivity index (χ1) is 8.84. The largest absolute Gasteiger partial charge is 0.506 e. The minimum Gasteiger partial charge on any atom is -0.506 e. The van der Waals surface area contributed by atoms with E-state index in [2.05, 4.69) is 12.1 Å². The molecular formula is C16H12OS. The third-order valence-electron chi connectivity index (χ3n) is 2.81. The maximum absolute atomic E-state index is 10.1. The molecule has 0 saturated carbocycles. The van der Waals surface area contributed by atoms with Crippen LogP contribution < -0.4 is 0 Å². The summed E-state index contributed by atoms with van der Waals surface area (Å²) in [5, 5.41) is 10.1. The minimum atomic E-state index is 0.352. The highest BCUT2D eigenvalue weighted by atomic mass is 32.1. The first kappa shape index (κ1) is 11.1. The van der Waals surface area contributed by atoms with Gasteiger partial charge in [0, 0.05) is 4.88 Å². The second-order valence-corrected chi connectivity index (χ2v) is 5.11. The lowest BCUT2D eigenvalue weighted by atomic mass is 10.1. The molecule has 0 aliphatic carbocycles. The molecule has 0 bridgehead atoms. The van der Waals surface area contributed by atoms with Gasteiger partial charge in [-0.25, -0.2) is 0 Å². The lowest BCUT2D eigenvalue weighted by Gasteiger charge is -1.97. The first-order valence-corrected chi connectivity index (χ1v) is 6.60. The summed E-state index contributed by atoms with van der Waals surface area (Å²) in [6, 6.07) is 21.9. The number of rotatable bonds is 2. The van der Waals surface area contributed by atoms with Crippen LogP contribution in [-0.4, -0.2) is 5.11 Å². The molecule has 18 heavy (non-hydrogen) atoms. The van der Waals surface area contributed by atoms with E-state index in [0.717, 1.165) is 20.9 Å². The molecule has 3 aromatic rings. The molecule has 1 nitrogen and oxygen atoms in total. The predicted molar refractivity (Wildman–Crippen MR) is 76.9 cm³/mol. The summed E-state index contributed by atoms with van der Waals surface area (Å²) >= 11 is 1.62. The van der Waals surface area contributed by atoms with Crippen LogP contribution in [0.4, 0.5) is 0 Å². The Morgan fingerprint density at radius 3 is 1.89 bits per heavy atom. The Labute approximate surface area is 110 Å². The van der Waals surface area contributed by atoms with Crippen molar-refractivity contribution in [3.05, 3.63) is 66.7 Å². The van der Waals surface area contributed by atoms with Crippen molar-refractivity contribution in [1.29, 1.82) is 0 Å². The van der Waals surface area contributed by atoms with Gasteiger partial charge in [0.25, 0.3) is 0 Å². The van der Waals surface area contributed by atoms with Crippen LogP contribution in [0.3, 0.4) is 0 Å². The Kier molecular flexibility index (Phi) is 2.87. The fourth-order valence-corrected chi connectivity index (χ4v) is 2.98. The molecule has 0 saturated heterocycles. The van der Waals surface area contributed by atoms with Gasteiger partial charge >= 0.3 is 0 Å². The van der Waals surface area contributed by atoms with Gasteiger partial charge in [0.15, 0.2) is 0 Å². The van der Waals surface area contributed by atoms with Gasteiger partial charge in [-0.2, -0.15) is 0 Å². The second kappa shape index (κ2) is 4.67. The van der Waals surface area contributed by atoms with Crippen molar-refractivity contribution in [3.63, 3.8) is 0 Å². The SMILES string of the molecule is Oc1cc(-c2ccccc2)sc1-c1ccccc1. The predicted octanol–water partition coefficient (Wildman–Crippen LogP) is 4.79. The molecule has 2 aromatic carbocycles. The van der Waals surface area contributed by atoms with Gasteiger partial charge in [0.2, 0.25) is 0 Å². The highest BCUT2D eigenvalue weighted by molar-refractivity contribution is 7.19. The summed E-state index contributed by atoms with van der Waals surface area (Å²) < 4.78 is 0. The number of benzene rings is 2. The molecule has 88 valence electrons. The van der Waals surface area contributed by atoms with Crippen molar-refractivity contribution < 1.29 is 5.11 Å². The van der Waals surface area contributed by atoms with E-state index in [0.29, 0.717) is 5.75 Å². The third-order valence-corrected chi connectivity index (χ3v) is 4.03. The lowest BCUT2D eigenvalue weighted by molar-refractivity contribution is 0.480. The van der Waals surface area contributed by atoms with E-state index in [1.807, 2.05) is 54.6 Å². The molecule has 1 heterocycles. The summed E-state index contributed by atoms with van der Waals surface area (Å²) in [4.78, 5) is 2.02. The lowest BCUT2D eigenvalue weighted by Crippen LogP contribution is -1.69. The Morgan fingerprint density at radius 1 is 0.722 bits per heavy atom. The van der Waals surface area contributed by atoms with Crippen LogP contribution in [0.15, 0.2) is 66.7 Å². The molecule has 0 fully saturated rings. The maximum atomic E-state index is 10.1. The number of aromatic hydroxyl groups is 1. The molecule has 0 aliphatic heterocycles. The fraction of sp³-hybridized carbons (Fsp3) is 0. The summed E-state index contributed by atoms with van der Waals surface area (Å²) in [5.41, 5.74) is 2.20. The van der Waals surface area contributed by atoms with Crippen molar-refractivity contribution in [2.24, 2.45) is 0 Å². The topological polar surface area (TPSA) is 20.2 Å². The molecule has 0 atom stereocenters. The average molecular weight is 252 g/mol. The van der Waals surface area contributed by atoms with E-state index in [-0.39, 0.29) is 0 Å². The molecule has 2 heteroatoms. The van der Waals surface area contributed by atoms with Gasteiger partial charge in [-0.05, 0) is 17.2 Å². The molecule has 0 unspecified atom stereocenters. The average Bonchev–Trinajstić information content (AvgIpc) is 2.83. The van der Waals surface area contributed by atoms with Crippen LogP contribution in [0, 0.1) is 0 Å². The summed E-state index contributed by atoms with van der Waals surface area (Å²) in [6.07, 6.45) is 0. The fourth-order valence-electron chi connectivity index (χ4n) is 1.92. The molecular weight excluding hydrogens is 240 g/mol. The molecule has 1 N–H and O–H groups in total. The van der Waals surface area contributed by atoms with E-state index < -0.39 is 0 Å². The van der Waals surface area contributed by atoms with Crippen LogP contribution in [0.1, 0.15) is 0 Å². The molecule has 0 spiro atoms. The number of thiophene rings is 1. The van der Waals surface area contributed by atoms with Crippen LogP contribution in [0.2, 0.25) is 0 Å².